The predicted molar refractivity (Wildman–Crippen MR) is 95.8 cm³/mol. The van der Waals surface area contributed by atoms with Gasteiger partial charge in [0.2, 0.25) is 5.91 Å². The molecule has 0 unspecified atom stereocenters. The number of nitrogens with one attached hydrogen (secondary N) is 2. The minimum atomic E-state index is -0.318. The van der Waals surface area contributed by atoms with Crippen molar-refractivity contribution in [2.75, 3.05) is 12.4 Å². The molecule has 0 spiro atoms. The number of rotatable bonds is 4. The Morgan fingerprint density at radius 1 is 1.09 bits per heavy atom. The van der Waals surface area contributed by atoms with Gasteiger partial charge in [-0.15, -0.1) is 0 Å². The molecule has 2 aromatic rings. The van der Waals surface area contributed by atoms with Gasteiger partial charge in [-0.2, -0.15) is 0 Å². The summed E-state index contributed by atoms with van der Waals surface area (Å²) in [6, 6.07) is 13.0. The Kier molecular flexibility index (Phi) is 5.55. The van der Waals surface area contributed by atoms with E-state index in [1.165, 1.54) is 0 Å². The molecule has 1 atom stereocenters. The predicted octanol–water partition coefficient (Wildman–Crippen LogP) is 3.86. The van der Waals surface area contributed by atoms with Crippen LogP contribution < -0.4 is 10.6 Å². The fourth-order valence-corrected chi connectivity index (χ4v) is 2.50. The fraction of sp³-hybridized carbons (Fsp3) is 0.222. The maximum atomic E-state index is 12.5. The number of carbonyl (C=O) groups is 2. The molecule has 0 saturated heterocycles. The molecule has 0 bridgehead atoms. The van der Waals surface area contributed by atoms with Gasteiger partial charge in [0, 0.05) is 11.5 Å². The van der Waals surface area contributed by atoms with Crippen LogP contribution in [0.4, 0.5) is 5.69 Å². The Morgan fingerprint density at radius 3 is 2.35 bits per heavy atom. The van der Waals surface area contributed by atoms with E-state index in [0.29, 0.717) is 11.3 Å². The SMILES string of the molecule is CNC(=O)c1cc(C)ccc1NC(=O)[C@@H](C)c1ccc(Br)cc1. The molecule has 2 rings (SSSR count). The molecule has 5 heteroatoms. The Labute approximate surface area is 144 Å². The lowest BCUT2D eigenvalue weighted by Gasteiger charge is -2.15. The second-order valence-electron chi connectivity index (χ2n) is 5.39. The molecule has 0 aliphatic rings. The molecule has 0 heterocycles. The van der Waals surface area contributed by atoms with Gasteiger partial charge in [-0.05, 0) is 43.7 Å². The molecular formula is C18H19BrN2O2. The molecule has 2 aromatic carbocycles. The third kappa shape index (κ3) is 4.20. The van der Waals surface area contributed by atoms with E-state index < -0.39 is 0 Å². The first kappa shape index (κ1) is 17.2. The van der Waals surface area contributed by atoms with Crippen molar-refractivity contribution in [3.05, 3.63) is 63.6 Å². The summed E-state index contributed by atoms with van der Waals surface area (Å²) in [6.45, 7) is 3.74. The molecule has 0 saturated carbocycles. The van der Waals surface area contributed by atoms with Crippen molar-refractivity contribution in [1.29, 1.82) is 0 Å². The van der Waals surface area contributed by atoms with Gasteiger partial charge in [-0.3, -0.25) is 9.59 Å². The Balaban J connectivity index is 2.23. The molecular weight excluding hydrogens is 356 g/mol. The average Bonchev–Trinajstić information content (AvgIpc) is 2.55. The van der Waals surface area contributed by atoms with Crippen LogP contribution in [0, 0.1) is 6.92 Å². The Hall–Kier alpha value is -2.14. The summed E-state index contributed by atoms with van der Waals surface area (Å²) in [6.07, 6.45) is 0. The minimum Gasteiger partial charge on any atom is -0.355 e. The van der Waals surface area contributed by atoms with Gasteiger partial charge < -0.3 is 10.6 Å². The van der Waals surface area contributed by atoms with Crippen molar-refractivity contribution >= 4 is 33.4 Å². The average molecular weight is 375 g/mol. The zero-order chi connectivity index (χ0) is 17.0. The van der Waals surface area contributed by atoms with Gasteiger partial charge in [0.1, 0.15) is 0 Å². The van der Waals surface area contributed by atoms with E-state index >= 15 is 0 Å². The third-order valence-electron chi connectivity index (χ3n) is 3.67. The summed E-state index contributed by atoms with van der Waals surface area (Å²) in [5, 5.41) is 5.45. The van der Waals surface area contributed by atoms with Crippen LogP contribution in [0.1, 0.15) is 34.3 Å². The molecule has 23 heavy (non-hydrogen) atoms. The zero-order valence-corrected chi connectivity index (χ0v) is 14.9. The molecule has 0 aliphatic heterocycles. The highest BCUT2D eigenvalue weighted by atomic mass is 79.9. The lowest BCUT2D eigenvalue weighted by atomic mass is 10.00. The van der Waals surface area contributed by atoms with Crippen molar-refractivity contribution in [3.8, 4) is 0 Å². The van der Waals surface area contributed by atoms with Crippen molar-refractivity contribution in [2.24, 2.45) is 0 Å². The molecule has 2 N–H and O–H groups in total. The summed E-state index contributed by atoms with van der Waals surface area (Å²) in [4.78, 5) is 24.5. The van der Waals surface area contributed by atoms with Crippen LogP contribution in [-0.2, 0) is 4.79 Å². The maximum Gasteiger partial charge on any atom is 0.253 e. The van der Waals surface area contributed by atoms with Gasteiger partial charge in [-0.25, -0.2) is 0 Å². The van der Waals surface area contributed by atoms with Crippen LogP contribution >= 0.6 is 15.9 Å². The normalized spacial score (nSPS) is 11.7. The van der Waals surface area contributed by atoms with Gasteiger partial charge in [-0.1, -0.05) is 39.7 Å². The summed E-state index contributed by atoms with van der Waals surface area (Å²) in [5.74, 6) is -0.691. The highest BCUT2D eigenvalue weighted by molar-refractivity contribution is 9.10. The maximum absolute atomic E-state index is 12.5. The Morgan fingerprint density at radius 2 is 1.74 bits per heavy atom. The third-order valence-corrected chi connectivity index (χ3v) is 4.20. The number of hydrogen-bond acceptors (Lipinski definition) is 2. The first-order valence-corrected chi connectivity index (χ1v) is 8.10. The summed E-state index contributed by atoms with van der Waals surface area (Å²) >= 11 is 3.38. The number of benzene rings is 2. The largest absolute Gasteiger partial charge is 0.355 e. The smallest absolute Gasteiger partial charge is 0.253 e. The van der Waals surface area contributed by atoms with E-state index in [0.717, 1.165) is 15.6 Å². The molecule has 0 radical (unpaired) electrons. The minimum absolute atomic E-state index is 0.152. The van der Waals surface area contributed by atoms with E-state index in [9.17, 15) is 9.59 Å². The van der Waals surface area contributed by atoms with Crippen LogP contribution in [-0.4, -0.2) is 18.9 Å². The number of amides is 2. The molecule has 0 aliphatic carbocycles. The fourth-order valence-electron chi connectivity index (χ4n) is 2.23. The monoisotopic (exact) mass is 374 g/mol. The van der Waals surface area contributed by atoms with Crippen LogP contribution in [0.3, 0.4) is 0 Å². The second kappa shape index (κ2) is 7.42. The quantitative estimate of drug-likeness (QED) is 0.853. The van der Waals surface area contributed by atoms with E-state index in [1.54, 1.807) is 19.2 Å². The van der Waals surface area contributed by atoms with E-state index in [-0.39, 0.29) is 17.7 Å². The lowest BCUT2D eigenvalue weighted by molar-refractivity contribution is -0.117. The van der Waals surface area contributed by atoms with Crippen molar-refractivity contribution in [2.45, 2.75) is 19.8 Å². The van der Waals surface area contributed by atoms with Gasteiger partial charge in [0.05, 0.1) is 17.2 Å². The van der Waals surface area contributed by atoms with Crippen LogP contribution in [0.2, 0.25) is 0 Å². The van der Waals surface area contributed by atoms with Crippen LogP contribution in [0.15, 0.2) is 46.9 Å². The first-order valence-electron chi connectivity index (χ1n) is 7.31. The number of anilines is 1. The second-order valence-corrected chi connectivity index (χ2v) is 6.31. The zero-order valence-electron chi connectivity index (χ0n) is 13.3. The van der Waals surface area contributed by atoms with E-state index in [2.05, 4.69) is 26.6 Å². The van der Waals surface area contributed by atoms with Crippen molar-refractivity contribution < 1.29 is 9.59 Å². The lowest BCUT2D eigenvalue weighted by Crippen LogP contribution is -2.24. The number of hydrogen-bond donors (Lipinski definition) is 2. The standard InChI is InChI=1S/C18H19BrN2O2/c1-11-4-9-16(15(10-11)18(23)20-3)21-17(22)12(2)13-5-7-14(19)8-6-13/h4-10,12H,1-3H3,(H,20,23)(H,21,22)/t12-/m0/s1. The molecule has 0 aromatic heterocycles. The number of aryl methyl sites for hydroxylation is 1. The highest BCUT2D eigenvalue weighted by Crippen LogP contribution is 2.22. The van der Waals surface area contributed by atoms with E-state index in [4.69, 9.17) is 0 Å². The molecule has 2 amide bonds. The summed E-state index contributed by atoms with van der Waals surface area (Å²) in [7, 11) is 1.57. The van der Waals surface area contributed by atoms with Gasteiger partial charge >= 0.3 is 0 Å². The Bertz CT molecular complexity index is 726. The number of halogens is 1. The van der Waals surface area contributed by atoms with Crippen molar-refractivity contribution in [3.63, 3.8) is 0 Å². The molecule has 120 valence electrons. The highest BCUT2D eigenvalue weighted by Gasteiger charge is 2.18. The van der Waals surface area contributed by atoms with Gasteiger partial charge in [0.15, 0.2) is 0 Å². The summed E-state index contributed by atoms with van der Waals surface area (Å²) < 4.78 is 0.967. The van der Waals surface area contributed by atoms with Crippen molar-refractivity contribution in [1.82, 2.24) is 5.32 Å². The van der Waals surface area contributed by atoms with Crippen LogP contribution in [0.5, 0.6) is 0 Å². The van der Waals surface area contributed by atoms with E-state index in [1.807, 2.05) is 44.2 Å². The molecule has 0 fully saturated rings. The topological polar surface area (TPSA) is 58.2 Å². The van der Waals surface area contributed by atoms with Gasteiger partial charge in [0.25, 0.3) is 5.91 Å². The number of carbonyl (C=O) groups excluding carboxylic acids is 2. The molecule has 4 nitrogen and oxygen atoms in total. The first-order chi connectivity index (χ1) is 10.9. The van der Waals surface area contributed by atoms with Crippen LogP contribution in [0.25, 0.3) is 0 Å². The summed E-state index contributed by atoms with van der Waals surface area (Å²) in [5.41, 5.74) is 2.86.